The molecule has 0 saturated heterocycles. The lowest BCUT2D eigenvalue weighted by Gasteiger charge is -2.09. The summed E-state index contributed by atoms with van der Waals surface area (Å²) in [5, 5.41) is 0. The number of carbonyl (C=O) groups excluding carboxylic acids is 1. The van der Waals surface area contributed by atoms with Crippen LogP contribution in [0.25, 0.3) is 11.1 Å². The van der Waals surface area contributed by atoms with Crippen molar-refractivity contribution in [3.63, 3.8) is 0 Å². The highest BCUT2D eigenvalue weighted by Gasteiger charge is 2.13. The van der Waals surface area contributed by atoms with Crippen molar-refractivity contribution >= 4 is 15.7 Å². The first-order chi connectivity index (χ1) is 9.88. The normalized spacial score (nSPS) is 11.1. The lowest BCUT2D eigenvalue weighted by Crippen LogP contribution is -2.19. The number of amides is 1. The number of rotatable bonds is 5. The van der Waals surface area contributed by atoms with E-state index in [-0.39, 0.29) is 11.5 Å². The summed E-state index contributed by atoms with van der Waals surface area (Å²) in [6.45, 7) is -0.195. The van der Waals surface area contributed by atoms with Gasteiger partial charge in [0.1, 0.15) is 5.75 Å². The summed E-state index contributed by atoms with van der Waals surface area (Å²) in [5.41, 5.74) is 6.38. The van der Waals surface area contributed by atoms with Crippen LogP contribution in [0.2, 0.25) is 0 Å². The van der Waals surface area contributed by atoms with Crippen molar-refractivity contribution in [2.75, 3.05) is 12.9 Å². The van der Waals surface area contributed by atoms with Crippen molar-refractivity contribution in [3.8, 4) is 16.9 Å². The number of benzene rings is 2. The summed E-state index contributed by atoms with van der Waals surface area (Å²) in [5.74, 6) is -0.0594. The maximum absolute atomic E-state index is 11.8. The number of hydrogen-bond donors (Lipinski definition) is 1. The van der Waals surface area contributed by atoms with E-state index < -0.39 is 15.7 Å². The van der Waals surface area contributed by atoms with Gasteiger partial charge < -0.3 is 10.5 Å². The number of hydrogen-bond acceptors (Lipinski definition) is 4. The monoisotopic (exact) mass is 305 g/mol. The molecule has 0 saturated carbocycles. The van der Waals surface area contributed by atoms with Crippen molar-refractivity contribution in [3.05, 3.63) is 48.5 Å². The van der Waals surface area contributed by atoms with Gasteiger partial charge in [-0.15, -0.1) is 0 Å². The molecule has 0 unspecified atom stereocenters. The average Bonchev–Trinajstić information content (AvgIpc) is 2.45. The van der Waals surface area contributed by atoms with Crippen LogP contribution in [0.4, 0.5) is 0 Å². The van der Waals surface area contributed by atoms with Crippen LogP contribution in [-0.2, 0) is 14.6 Å². The first kappa shape index (κ1) is 15.1. The number of primary amides is 1. The number of sulfone groups is 1. The summed E-state index contributed by atoms with van der Waals surface area (Å²) in [6, 6.07) is 13.6. The minimum Gasteiger partial charge on any atom is -0.484 e. The molecule has 2 N–H and O–H groups in total. The van der Waals surface area contributed by atoms with Crippen molar-refractivity contribution in [2.45, 2.75) is 4.90 Å². The van der Waals surface area contributed by atoms with Crippen molar-refractivity contribution in [1.82, 2.24) is 0 Å². The van der Waals surface area contributed by atoms with E-state index in [0.717, 1.165) is 5.56 Å². The molecule has 0 fully saturated rings. The highest BCUT2D eigenvalue weighted by atomic mass is 32.2. The smallest absolute Gasteiger partial charge is 0.255 e. The highest BCUT2D eigenvalue weighted by molar-refractivity contribution is 7.90. The van der Waals surface area contributed by atoms with Gasteiger partial charge in [-0.2, -0.15) is 0 Å². The van der Waals surface area contributed by atoms with E-state index in [4.69, 9.17) is 10.5 Å². The zero-order valence-electron chi connectivity index (χ0n) is 11.4. The van der Waals surface area contributed by atoms with Crippen molar-refractivity contribution in [1.29, 1.82) is 0 Å². The summed E-state index contributed by atoms with van der Waals surface area (Å²) in [4.78, 5) is 10.9. The maximum atomic E-state index is 11.8. The van der Waals surface area contributed by atoms with Crippen LogP contribution < -0.4 is 10.5 Å². The van der Waals surface area contributed by atoms with Crippen LogP contribution in [-0.4, -0.2) is 27.2 Å². The fourth-order valence-electron chi connectivity index (χ4n) is 1.91. The van der Waals surface area contributed by atoms with Gasteiger partial charge in [0.25, 0.3) is 5.91 Å². The fourth-order valence-corrected chi connectivity index (χ4v) is 2.82. The first-order valence-corrected chi connectivity index (χ1v) is 8.07. The molecule has 0 aliphatic rings. The maximum Gasteiger partial charge on any atom is 0.255 e. The average molecular weight is 305 g/mol. The van der Waals surface area contributed by atoms with Crippen LogP contribution in [0.3, 0.4) is 0 Å². The van der Waals surface area contributed by atoms with Gasteiger partial charge in [-0.05, 0) is 23.8 Å². The van der Waals surface area contributed by atoms with Crippen molar-refractivity contribution in [2.24, 2.45) is 5.73 Å². The molecule has 0 bridgehead atoms. The zero-order chi connectivity index (χ0) is 15.5. The molecular formula is C15H15NO4S. The molecule has 2 aromatic carbocycles. The second-order valence-electron chi connectivity index (χ2n) is 4.55. The molecule has 0 heterocycles. The Kier molecular flexibility index (Phi) is 4.28. The van der Waals surface area contributed by atoms with Crippen LogP contribution in [0, 0.1) is 0 Å². The van der Waals surface area contributed by atoms with Gasteiger partial charge in [0.2, 0.25) is 0 Å². The van der Waals surface area contributed by atoms with E-state index in [9.17, 15) is 13.2 Å². The molecule has 21 heavy (non-hydrogen) atoms. The van der Waals surface area contributed by atoms with Gasteiger partial charge in [-0.25, -0.2) is 8.42 Å². The predicted octanol–water partition coefficient (Wildman–Crippen LogP) is 1.62. The van der Waals surface area contributed by atoms with Crippen LogP contribution >= 0.6 is 0 Å². The second-order valence-corrected chi connectivity index (χ2v) is 6.53. The number of ether oxygens (including phenoxy) is 1. The Labute approximate surface area is 123 Å². The molecule has 0 aromatic heterocycles. The molecule has 6 heteroatoms. The Hall–Kier alpha value is -2.34. The van der Waals surface area contributed by atoms with E-state index in [0.29, 0.717) is 11.3 Å². The Morgan fingerprint density at radius 2 is 1.71 bits per heavy atom. The largest absolute Gasteiger partial charge is 0.484 e. The minimum atomic E-state index is -3.31. The van der Waals surface area contributed by atoms with Crippen LogP contribution in [0.15, 0.2) is 53.4 Å². The van der Waals surface area contributed by atoms with Gasteiger partial charge in [0.15, 0.2) is 16.4 Å². The molecule has 0 radical (unpaired) electrons. The Morgan fingerprint density at radius 3 is 2.29 bits per heavy atom. The topological polar surface area (TPSA) is 86.5 Å². The molecule has 0 atom stereocenters. The number of nitrogens with two attached hydrogens (primary N) is 1. The molecule has 0 aliphatic heterocycles. The molecule has 0 aliphatic carbocycles. The van der Waals surface area contributed by atoms with Gasteiger partial charge in [-0.3, -0.25) is 4.79 Å². The lowest BCUT2D eigenvalue weighted by molar-refractivity contribution is -0.119. The van der Waals surface area contributed by atoms with Gasteiger partial charge in [0.05, 0.1) is 4.90 Å². The molecule has 110 valence electrons. The molecule has 2 rings (SSSR count). The van der Waals surface area contributed by atoms with Gasteiger partial charge in [0, 0.05) is 11.8 Å². The number of carbonyl (C=O) groups is 1. The minimum absolute atomic E-state index is 0.195. The Bertz CT molecular complexity index is 751. The lowest BCUT2D eigenvalue weighted by atomic mass is 10.1. The van der Waals surface area contributed by atoms with Crippen LogP contribution in [0.5, 0.6) is 5.75 Å². The standard InChI is InChI=1S/C15H15NO4S/c1-21(18,19)14-5-3-2-4-13(14)11-6-8-12(9-7-11)20-10-15(16)17/h2-9H,10H2,1H3,(H2,16,17). The predicted molar refractivity (Wildman–Crippen MR) is 79.7 cm³/mol. The zero-order valence-corrected chi connectivity index (χ0v) is 12.3. The summed E-state index contributed by atoms with van der Waals surface area (Å²) in [7, 11) is -3.31. The third-order valence-corrected chi connectivity index (χ3v) is 3.99. The Morgan fingerprint density at radius 1 is 1.10 bits per heavy atom. The molecule has 2 aromatic rings. The Balaban J connectivity index is 2.34. The van der Waals surface area contributed by atoms with Gasteiger partial charge in [-0.1, -0.05) is 30.3 Å². The summed E-state index contributed by atoms with van der Waals surface area (Å²) >= 11 is 0. The quantitative estimate of drug-likeness (QED) is 0.909. The van der Waals surface area contributed by atoms with Crippen molar-refractivity contribution < 1.29 is 17.9 Å². The third-order valence-electron chi connectivity index (χ3n) is 2.83. The van der Waals surface area contributed by atoms with E-state index in [2.05, 4.69) is 0 Å². The summed E-state index contributed by atoms with van der Waals surface area (Å²) in [6.07, 6.45) is 1.18. The third kappa shape index (κ3) is 3.82. The molecule has 0 spiro atoms. The van der Waals surface area contributed by atoms with E-state index in [1.54, 1.807) is 48.5 Å². The summed E-state index contributed by atoms with van der Waals surface area (Å²) < 4.78 is 28.8. The molecule has 1 amide bonds. The van der Waals surface area contributed by atoms with Crippen LogP contribution in [0.1, 0.15) is 0 Å². The van der Waals surface area contributed by atoms with E-state index in [1.165, 1.54) is 6.26 Å². The van der Waals surface area contributed by atoms with E-state index >= 15 is 0 Å². The fraction of sp³-hybridized carbons (Fsp3) is 0.133. The molecule has 5 nitrogen and oxygen atoms in total. The van der Waals surface area contributed by atoms with E-state index in [1.807, 2.05) is 0 Å². The second kappa shape index (κ2) is 5.97. The molecular weight excluding hydrogens is 290 g/mol. The highest BCUT2D eigenvalue weighted by Crippen LogP contribution is 2.28. The first-order valence-electron chi connectivity index (χ1n) is 6.18. The SMILES string of the molecule is CS(=O)(=O)c1ccccc1-c1ccc(OCC(N)=O)cc1. The van der Waals surface area contributed by atoms with Gasteiger partial charge >= 0.3 is 0 Å².